The normalized spacial score (nSPS) is 13.3. The molecule has 0 aliphatic carbocycles. The first-order chi connectivity index (χ1) is 7.95. The molecule has 18 heavy (non-hydrogen) atoms. The number of carbonyl (C=O) groups excluding carboxylic acids is 1. The molecule has 1 N–H and O–H groups in total. The Hall–Kier alpha value is -1.19. The third-order valence-corrected chi connectivity index (χ3v) is 2.01. The number of alkyl carbamates (subject to hydrolysis) is 1. The Kier molecular flexibility index (Phi) is 5.26. The van der Waals surface area contributed by atoms with E-state index in [0.717, 1.165) is 5.32 Å². The van der Waals surface area contributed by atoms with Crippen LogP contribution in [0.25, 0.3) is 0 Å². The predicted molar refractivity (Wildman–Crippen MR) is 46.9 cm³/mol. The second kappa shape index (κ2) is 5.63. The molecule has 0 fully saturated rings. The van der Waals surface area contributed by atoms with E-state index in [1.54, 1.807) is 0 Å². The van der Waals surface area contributed by atoms with Crippen LogP contribution in [-0.2, 0) is 9.47 Å². The van der Waals surface area contributed by atoms with E-state index in [2.05, 4.69) is 9.47 Å². The van der Waals surface area contributed by atoms with Gasteiger partial charge in [-0.25, -0.2) is 4.79 Å². The Morgan fingerprint density at radius 3 is 1.83 bits per heavy atom. The molecule has 0 aromatic rings. The van der Waals surface area contributed by atoms with E-state index in [1.165, 1.54) is 7.11 Å². The molecule has 0 spiro atoms. The van der Waals surface area contributed by atoms with Gasteiger partial charge in [0, 0.05) is 7.11 Å². The van der Waals surface area contributed by atoms with E-state index in [1.807, 2.05) is 0 Å². The topological polar surface area (TPSA) is 47.6 Å². The molecule has 0 aliphatic heterocycles. The maximum absolute atomic E-state index is 12.3. The molecule has 0 bridgehead atoms. The maximum Gasteiger partial charge on any atom is 0.420 e. The van der Waals surface area contributed by atoms with Gasteiger partial charge in [-0.15, -0.1) is 0 Å². The lowest BCUT2D eigenvalue weighted by atomic mass is 10.0. The zero-order valence-corrected chi connectivity index (χ0v) is 9.41. The molecule has 0 rings (SSSR count). The van der Waals surface area contributed by atoms with Gasteiger partial charge in [-0.05, 0) is 6.92 Å². The maximum atomic E-state index is 12.3. The highest BCUT2D eigenvalue weighted by Crippen LogP contribution is 2.42. The summed E-state index contributed by atoms with van der Waals surface area (Å²) in [5.74, 6) is 0. The molecular weight excluding hydrogens is 272 g/mol. The number of hydrogen-bond donors (Lipinski definition) is 1. The van der Waals surface area contributed by atoms with Gasteiger partial charge in [0.05, 0.1) is 6.61 Å². The number of halogens is 6. The monoisotopic (exact) mass is 283 g/mol. The fourth-order valence-electron chi connectivity index (χ4n) is 0.760. The highest BCUT2D eigenvalue weighted by Gasteiger charge is 2.69. The number of carbonyl (C=O) groups is 1. The summed E-state index contributed by atoms with van der Waals surface area (Å²) in [6.45, 7) is -0.805. The molecule has 0 saturated carbocycles. The van der Waals surface area contributed by atoms with Gasteiger partial charge in [-0.3, -0.25) is 5.32 Å². The van der Waals surface area contributed by atoms with Crippen LogP contribution in [0, 0.1) is 0 Å². The third-order valence-electron chi connectivity index (χ3n) is 2.01. The van der Waals surface area contributed by atoms with Gasteiger partial charge < -0.3 is 9.47 Å². The lowest BCUT2D eigenvalue weighted by molar-refractivity contribution is -0.298. The Morgan fingerprint density at radius 2 is 1.50 bits per heavy atom. The Bertz CT molecular complexity index is 274. The largest absolute Gasteiger partial charge is 0.447 e. The van der Waals surface area contributed by atoms with Crippen LogP contribution >= 0.6 is 0 Å². The number of hydrogen-bond acceptors (Lipinski definition) is 3. The van der Waals surface area contributed by atoms with Crippen LogP contribution in [0.15, 0.2) is 0 Å². The van der Waals surface area contributed by atoms with Crippen molar-refractivity contribution < 1.29 is 40.6 Å². The second-order valence-corrected chi connectivity index (χ2v) is 3.37. The van der Waals surface area contributed by atoms with Gasteiger partial charge in [0.15, 0.2) is 0 Å². The summed E-state index contributed by atoms with van der Waals surface area (Å²) in [5, 5.41) is 0.765. The minimum absolute atomic E-state index is 0.151. The highest BCUT2D eigenvalue weighted by atomic mass is 19.4. The van der Waals surface area contributed by atoms with Crippen molar-refractivity contribution in [1.29, 1.82) is 0 Å². The molecule has 0 aliphatic rings. The lowest BCUT2D eigenvalue weighted by Gasteiger charge is -2.33. The molecule has 0 heterocycles. The molecule has 0 atom stereocenters. The first-order valence-corrected chi connectivity index (χ1v) is 4.53. The van der Waals surface area contributed by atoms with E-state index >= 15 is 0 Å². The van der Waals surface area contributed by atoms with Crippen molar-refractivity contribution in [2.45, 2.75) is 24.8 Å². The fraction of sp³-hybridized carbons (Fsp3) is 0.875. The molecule has 4 nitrogen and oxygen atoms in total. The van der Waals surface area contributed by atoms with Gasteiger partial charge in [-0.2, -0.15) is 26.3 Å². The van der Waals surface area contributed by atoms with Crippen LogP contribution < -0.4 is 5.32 Å². The zero-order valence-electron chi connectivity index (χ0n) is 9.41. The third kappa shape index (κ3) is 3.93. The first-order valence-electron chi connectivity index (χ1n) is 4.53. The SMILES string of the molecule is COCCOC(=O)NC(C)(C(F)(F)F)C(F)(F)F. The van der Waals surface area contributed by atoms with Crippen molar-refractivity contribution in [3.63, 3.8) is 0 Å². The average molecular weight is 283 g/mol. The Balaban J connectivity index is 4.79. The molecule has 0 aromatic heterocycles. The van der Waals surface area contributed by atoms with E-state index in [4.69, 9.17) is 0 Å². The summed E-state index contributed by atoms with van der Waals surface area (Å²) in [5.41, 5.74) is -4.37. The molecule has 0 saturated heterocycles. The number of ether oxygens (including phenoxy) is 2. The van der Waals surface area contributed by atoms with Crippen molar-refractivity contribution in [2.24, 2.45) is 0 Å². The Morgan fingerprint density at radius 1 is 1.06 bits per heavy atom. The molecular formula is C8H11F6NO3. The van der Waals surface area contributed by atoms with E-state index in [0.29, 0.717) is 0 Å². The van der Waals surface area contributed by atoms with Crippen LogP contribution in [-0.4, -0.2) is 44.3 Å². The lowest BCUT2D eigenvalue weighted by Crippen LogP contribution is -2.65. The minimum Gasteiger partial charge on any atom is -0.447 e. The number of rotatable bonds is 4. The highest BCUT2D eigenvalue weighted by molar-refractivity contribution is 5.68. The van der Waals surface area contributed by atoms with Crippen molar-refractivity contribution in [3.8, 4) is 0 Å². The molecule has 10 heteroatoms. The van der Waals surface area contributed by atoms with E-state index in [-0.39, 0.29) is 13.5 Å². The van der Waals surface area contributed by atoms with Gasteiger partial charge in [-0.1, -0.05) is 0 Å². The fourth-order valence-corrected chi connectivity index (χ4v) is 0.760. The van der Waals surface area contributed by atoms with Crippen LogP contribution in [0.5, 0.6) is 0 Å². The van der Waals surface area contributed by atoms with Gasteiger partial charge >= 0.3 is 18.4 Å². The van der Waals surface area contributed by atoms with Crippen molar-refractivity contribution >= 4 is 6.09 Å². The van der Waals surface area contributed by atoms with Crippen molar-refractivity contribution in [3.05, 3.63) is 0 Å². The summed E-state index contributed by atoms with van der Waals surface area (Å²) in [6, 6.07) is 0. The predicted octanol–water partition coefficient (Wildman–Crippen LogP) is 2.24. The quantitative estimate of drug-likeness (QED) is 0.636. The summed E-state index contributed by atoms with van der Waals surface area (Å²) in [6.07, 6.45) is -13.2. The summed E-state index contributed by atoms with van der Waals surface area (Å²) >= 11 is 0. The minimum atomic E-state index is -5.70. The van der Waals surface area contributed by atoms with Gasteiger partial charge in [0.2, 0.25) is 5.54 Å². The number of alkyl halides is 6. The molecule has 1 amide bonds. The van der Waals surface area contributed by atoms with Crippen LogP contribution in [0.4, 0.5) is 31.1 Å². The van der Waals surface area contributed by atoms with Gasteiger partial charge in [0.1, 0.15) is 6.61 Å². The zero-order chi connectivity index (χ0) is 14.6. The molecule has 108 valence electrons. The van der Waals surface area contributed by atoms with E-state index < -0.39 is 30.6 Å². The van der Waals surface area contributed by atoms with E-state index in [9.17, 15) is 31.1 Å². The number of methoxy groups -OCH3 is 1. The van der Waals surface area contributed by atoms with Gasteiger partial charge in [0.25, 0.3) is 0 Å². The summed E-state index contributed by atoms with van der Waals surface area (Å²) < 4.78 is 82.5. The van der Waals surface area contributed by atoms with Crippen molar-refractivity contribution in [1.82, 2.24) is 5.32 Å². The van der Waals surface area contributed by atoms with Crippen molar-refractivity contribution in [2.75, 3.05) is 20.3 Å². The molecule has 0 radical (unpaired) electrons. The summed E-state index contributed by atoms with van der Waals surface area (Å²) in [4.78, 5) is 10.8. The average Bonchev–Trinajstić information content (AvgIpc) is 2.14. The first kappa shape index (κ1) is 16.8. The molecule has 0 aromatic carbocycles. The Labute approximate surface area is 98.2 Å². The van der Waals surface area contributed by atoms with Crippen LogP contribution in [0.1, 0.15) is 6.92 Å². The van der Waals surface area contributed by atoms with Crippen LogP contribution in [0.2, 0.25) is 0 Å². The van der Waals surface area contributed by atoms with Crippen LogP contribution in [0.3, 0.4) is 0 Å². The second-order valence-electron chi connectivity index (χ2n) is 3.37. The molecule has 0 unspecified atom stereocenters. The standard InChI is InChI=1S/C8H11F6NO3/c1-6(7(9,10)11,8(12,13)14)15-5(16)18-4-3-17-2/h3-4H2,1-2H3,(H,15,16). The number of amides is 1. The number of nitrogens with one attached hydrogen (secondary N) is 1. The summed E-state index contributed by atoms with van der Waals surface area (Å²) in [7, 11) is 1.22. The smallest absolute Gasteiger partial charge is 0.420 e.